The predicted octanol–water partition coefficient (Wildman–Crippen LogP) is 4.25. The molecule has 1 aliphatic heterocycles. The average Bonchev–Trinajstić information content (AvgIpc) is 3.38. The second kappa shape index (κ2) is 8.13. The van der Waals surface area contributed by atoms with Gasteiger partial charge >= 0.3 is 12.1 Å². The van der Waals surface area contributed by atoms with Gasteiger partial charge in [-0.1, -0.05) is 22.8 Å². The van der Waals surface area contributed by atoms with Gasteiger partial charge in [-0.25, -0.2) is 8.42 Å². The predicted molar refractivity (Wildman–Crippen MR) is 104 cm³/mol. The van der Waals surface area contributed by atoms with E-state index in [4.69, 9.17) is 16.3 Å². The normalized spacial score (nSPS) is 17.7. The molecule has 0 bridgehead atoms. The number of halogens is 4. The zero-order chi connectivity index (χ0) is 22.2. The molecule has 4 rings (SSSR count). The van der Waals surface area contributed by atoms with E-state index in [9.17, 15) is 21.6 Å². The van der Waals surface area contributed by atoms with E-state index in [1.54, 1.807) is 24.3 Å². The molecule has 7 nitrogen and oxygen atoms in total. The summed E-state index contributed by atoms with van der Waals surface area (Å²) in [6, 6.07) is 12.1. The highest BCUT2D eigenvalue weighted by molar-refractivity contribution is 7.89. The number of nitrogens with zero attached hydrogens (tertiary/aromatic N) is 3. The summed E-state index contributed by atoms with van der Waals surface area (Å²) in [5.74, 6) is -1.18. The van der Waals surface area contributed by atoms with Crippen molar-refractivity contribution in [1.82, 2.24) is 14.4 Å². The standard InChI is InChI=1S/C19H15ClF3N3O4S/c20-13-2-1-3-16(10-13)31(27,28)26-9-8-15(11-26)29-14-6-4-12(5-7-14)17-24-18(30-25-17)19(21,22)23/h1-7,10,15H,8-9,11H2. The third kappa shape index (κ3) is 4.68. The van der Waals surface area contributed by atoms with Crippen molar-refractivity contribution in [2.24, 2.45) is 0 Å². The number of benzene rings is 2. The Morgan fingerprint density at radius 2 is 1.90 bits per heavy atom. The maximum atomic E-state index is 12.8. The topological polar surface area (TPSA) is 85.5 Å². The van der Waals surface area contributed by atoms with Gasteiger partial charge in [0.25, 0.3) is 0 Å². The maximum Gasteiger partial charge on any atom is 0.471 e. The van der Waals surface area contributed by atoms with Crippen LogP contribution in [0.25, 0.3) is 11.4 Å². The Hall–Kier alpha value is -2.63. The molecule has 0 spiro atoms. The fourth-order valence-electron chi connectivity index (χ4n) is 3.12. The minimum absolute atomic E-state index is 0.114. The van der Waals surface area contributed by atoms with Crippen LogP contribution in [-0.2, 0) is 16.2 Å². The van der Waals surface area contributed by atoms with E-state index in [1.165, 1.54) is 28.6 Å². The number of hydrogen-bond donors (Lipinski definition) is 0. The minimum atomic E-state index is -4.71. The summed E-state index contributed by atoms with van der Waals surface area (Å²) < 4.78 is 74.7. The van der Waals surface area contributed by atoms with Crippen LogP contribution < -0.4 is 4.74 Å². The van der Waals surface area contributed by atoms with E-state index in [0.717, 1.165) is 0 Å². The van der Waals surface area contributed by atoms with E-state index in [0.29, 0.717) is 29.3 Å². The first-order valence-corrected chi connectivity index (χ1v) is 10.9. The summed E-state index contributed by atoms with van der Waals surface area (Å²) in [5.41, 5.74) is 0.322. The van der Waals surface area contributed by atoms with Gasteiger partial charge in [0.2, 0.25) is 15.8 Å². The molecule has 0 saturated carbocycles. The van der Waals surface area contributed by atoms with Gasteiger partial charge in [-0.15, -0.1) is 0 Å². The summed E-state index contributed by atoms with van der Waals surface area (Å²) in [5, 5.41) is 3.66. The Kier molecular flexibility index (Phi) is 5.67. The maximum absolute atomic E-state index is 12.8. The first kappa shape index (κ1) is 21.6. The summed E-state index contributed by atoms with van der Waals surface area (Å²) in [4.78, 5) is 3.44. The summed E-state index contributed by atoms with van der Waals surface area (Å²) in [6.45, 7) is 0.455. The van der Waals surface area contributed by atoms with Crippen molar-refractivity contribution in [1.29, 1.82) is 0 Å². The molecule has 0 amide bonds. The van der Waals surface area contributed by atoms with Crippen LogP contribution >= 0.6 is 11.6 Å². The Morgan fingerprint density at radius 1 is 1.16 bits per heavy atom. The molecule has 1 aliphatic rings. The molecule has 1 saturated heterocycles. The summed E-state index contributed by atoms with van der Waals surface area (Å²) in [7, 11) is -3.69. The van der Waals surface area contributed by atoms with Crippen LogP contribution in [0.2, 0.25) is 5.02 Å². The van der Waals surface area contributed by atoms with Crippen molar-refractivity contribution in [3.05, 3.63) is 59.4 Å². The molecular weight excluding hydrogens is 459 g/mol. The van der Waals surface area contributed by atoms with Gasteiger partial charge in [0.15, 0.2) is 0 Å². The van der Waals surface area contributed by atoms with Crippen LogP contribution in [-0.4, -0.2) is 42.1 Å². The van der Waals surface area contributed by atoms with Gasteiger partial charge in [0, 0.05) is 17.1 Å². The minimum Gasteiger partial charge on any atom is -0.489 e. The molecule has 1 atom stereocenters. The lowest BCUT2D eigenvalue weighted by atomic mass is 10.2. The third-order valence-electron chi connectivity index (χ3n) is 4.63. The molecule has 1 aromatic heterocycles. The fraction of sp³-hybridized carbons (Fsp3) is 0.263. The smallest absolute Gasteiger partial charge is 0.471 e. The molecular formula is C19H15ClF3N3O4S. The Bertz CT molecular complexity index is 1180. The molecule has 1 fully saturated rings. The molecule has 2 heterocycles. The Morgan fingerprint density at radius 3 is 2.55 bits per heavy atom. The number of aromatic nitrogens is 2. The highest BCUT2D eigenvalue weighted by Crippen LogP contribution is 2.30. The van der Waals surface area contributed by atoms with Crippen LogP contribution in [0.4, 0.5) is 13.2 Å². The number of sulfonamides is 1. The summed E-state index contributed by atoms with van der Waals surface area (Å²) in [6.07, 6.45) is -4.60. The largest absolute Gasteiger partial charge is 0.489 e. The molecule has 1 unspecified atom stereocenters. The van der Waals surface area contributed by atoms with Crippen LogP contribution in [0.5, 0.6) is 5.75 Å². The van der Waals surface area contributed by atoms with Crippen molar-refractivity contribution in [2.45, 2.75) is 23.6 Å². The SMILES string of the molecule is O=S(=O)(c1cccc(Cl)c1)N1CCC(Oc2ccc(-c3noc(C(F)(F)F)n3)cc2)C1. The highest BCUT2D eigenvalue weighted by Gasteiger charge is 2.38. The molecule has 2 aromatic carbocycles. The summed E-state index contributed by atoms with van der Waals surface area (Å²) >= 11 is 5.90. The van der Waals surface area contributed by atoms with Crippen molar-refractivity contribution in [2.75, 3.05) is 13.1 Å². The lowest BCUT2D eigenvalue weighted by Crippen LogP contribution is -2.31. The van der Waals surface area contributed by atoms with Crippen LogP contribution in [0.1, 0.15) is 12.3 Å². The Labute approximate surface area is 180 Å². The third-order valence-corrected chi connectivity index (χ3v) is 6.72. The number of alkyl halides is 3. The number of ether oxygens (including phenoxy) is 1. The van der Waals surface area contributed by atoms with Crippen molar-refractivity contribution in [3.63, 3.8) is 0 Å². The van der Waals surface area contributed by atoms with Crippen LogP contribution in [0.15, 0.2) is 57.9 Å². The van der Waals surface area contributed by atoms with Crippen molar-refractivity contribution in [3.8, 4) is 17.1 Å². The number of hydrogen-bond acceptors (Lipinski definition) is 6. The van der Waals surface area contributed by atoms with Gasteiger partial charge in [-0.2, -0.15) is 22.5 Å². The molecule has 0 radical (unpaired) electrons. The van der Waals surface area contributed by atoms with Crippen molar-refractivity contribution < 1.29 is 30.8 Å². The Balaban J connectivity index is 1.41. The molecule has 3 aromatic rings. The molecule has 164 valence electrons. The lowest BCUT2D eigenvalue weighted by molar-refractivity contribution is -0.159. The van der Waals surface area contributed by atoms with Gasteiger partial charge in [0.1, 0.15) is 11.9 Å². The van der Waals surface area contributed by atoms with E-state index in [1.807, 2.05) is 0 Å². The highest BCUT2D eigenvalue weighted by atomic mass is 35.5. The van der Waals surface area contributed by atoms with Gasteiger partial charge in [-0.05, 0) is 48.9 Å². The second-order valence-corrected chi connectivity index (χ2v) is 9.17. The zero-order valence-electron chi connectivity index (χ0n) is 15.7. The van der Waals surface area contributed by atoms with Gasteiger partial charge in [-0.3, -0.25) is 0 Å². The van der Waals surface area contributed by atoms with Gasteiger partial charge in [0.05, 0.1) is 11.4 Å². The van der Waals surface area contributed by atoms with E-state index >= 15 is 0 Å². The molecule has 31 heavy (non-hydrogen) atoms. The molecule has 0 N–H and O–H groups in total. The second-order valence-electron chi connectivity index (χ2n) is 6.79. The lowest BCUT2D eigenvalue weighted by Gasteiger charge is -2.17. The molecule has 12 heteroatoms. The number of rotatable bonds is 5. The first-order valence-electron chi connectivity index (χ1n) is 9.06. The monoisotopic (exact) mass is 473 g/mol. The molecule has 0 aliphatic carbocycles. The zero-order valence-corrected chi connectivity index (χ0v) is 17.3. The van der Waals surface area contributed by atoms with E-state index in [2.05, 4.69) is 14.7 Å². The van der Waals surface area contributed by atoms with Crippen LogP contribution in [0, 0.1) is 0 Å². The van der Waals surface area contributed by atoms with Crippen LogP contribution in [0.3, 0.4) is 0 Å². The van der Waals surface area contributed by atoms with Crippen molar-refractivity contribution >= 4 is 21.6 Å². The van der Waals surface area contributed by atoms with E-state index in [-0.39, 0.29) is 23.4 Å². The average molecular weight is 474 g/mol. The fourth-order valence-corrected chi connectivity index (χ4v) is 4.91. The first-order chi connectivity index (χ1) is 14.6. The quantitative estimate of drug-likeness (QED) is 0.550. The van der Waals surface area contributed by atoms with E-state index < -0.39 is 22.1 Å². The van der Waals surface area contributed by atoms with Gasteiger partial charge < -0.3 is 9.26 Å².